The van der Waals surface area contributed by atoms with E-state index in [-0.39, 0.29) is 11.0 Å². The van der Waals surface area contributed by atoms with Gasteiger partial charge in [-0.25, -0.2) is 0 Å². The lowest BCUT2D eigenvalue weighted by Gasteiger charge is -2.02. The molecular weight excluding hydrogens is 176 g/mol. The van der Waals surface area contributed by atoms with Gasteiger partial charge in [-0.05, 0) is 12.0 Å². The summed E-state index contributed by atoms with van der Waals surface area (Å²) in [5, 5.41) is 12.2. The van der Waals surface area contributed by atoms with Crippen molar-refractivity contribution in [3.8, 4) is 0 Å². The SMILES string of the molecule is CC[C@@H](N)c1csc([N+](=O)[O-])c1. The van der Waals surface area contributed by atoms with E-state index in [1.807, 2.05) is 6.92 Å². The van der Waals surface area contributed by atoms with Crippen molar-refractivity contribution < 1.29 is 4.92 Å². The number of nitrogens with two attached hydrogens (primary N) is 1. The molecule has 0 amide bonds. The minimum atomic E-state index is -0.392. The van der Waals surface area contributed by atoms with Crippen LogP contribution >= 0.6 is 11.3 Å². The van der Waals surface area contributed by atoms with Crippen LogP contribution < -0.4 is 5.73 Å². The van der Waals surface area contributed by atoms with E-state index in [2.05, 4.69) is 0 Å². The first-order valence-corrected chi connectivity index (χ1v) is 4.51. The molecule has 0 radical (unpaired) electrons. The maximum Gasteiger partial charge on any atom is 0.324 e. The van der Waals surface area contributed by atoms with E-state index in [1.165, 1.54) is 0 Å². The van der Waals surface area contributed by atoms with Crippen LogP contribution in [-0.2, 0) is 0 Å². The number of rotatable bonds is 3. The predicted molar refractivity (Wildman–Crippen MR) is 48.2 cm³/mol. The van der Waals surface area contributed by atoms with Crippen LogP contribution in [0, 0.1) is 10.1 Å². The highest BCUT2D eigenvalue weighted by Crippen LogP contribution is 2.26. The van der Waals surface area contributed by atoms with E-state index in [0.29, 0.717) is 0 Å². The molecule has 0 aromatic carbocycles. The van der Waals surface area contributed by atoms with Crippen molar-refractivity contribution >= 4 is 16.3 Å². The molecule has 1 aromatic rings. The quantitative estimate of drug-likeness (QED) is 0.580. The summed E-state index contributed by atoms with van der Waals surface area (Å²) in [7, 11) is 0. The Morgan fingerprint density at radius 3 is 2.92 bits per heavy atom. The van der Waals surface area contributed by atoms with E-state index in [4.69, 9.17) is 5.73 Å². The predicted octanol–water partition coefficient (Wildman–Crippen LogP) is 2.07. The first-order valence-electron chi connectivity index (χ1n) is 3.63. The molecule has 2 N–H and O–H groups in total. The Labute approximate surface area is 74.2 Å². The molecule has 0 saturated heterocycles. The second kappa shape index (κ2) is 3.64. The fraction of sp³-hybridized carbons (Fsp3) is 0.429. The molecule has 12 heavy (non-hydrogen) atoms. The van der Waals surface area contributed by atoms with Crippen LogP contribution in [0.4, 0.5) is 5.00 Å². The lowest BCUT2D eigenvalue weighted by Crippen LogP contribution is -2.06. The average molecular weight is 186 g/mol. The van der Waals surface area contributed by atoms with Gasteiger partial charge in [0.05, 0.1) is 4.92 Å². The molecule has 0 aliphatic heterocycles. The fourth-order valence-corrected chi connectivity index (χ4v) is 1.65. The molecule has 66 valence electrons. The van der Waals surface area contributed by atoms with Gasteiger partial charge in [0, 0.05) is 17.5 Å². The van der Waals surface area contributed by atoms with Crippen molar-refractivity contribution in [3.63, 3.8) is 0 Å². The lowest BCUT2D eigenvalue weighted by molar-refractivity contribution is -0.380. The maximum absolute atomic E-state index is 10.3. The molecule has 1 aromatic heterocycles. The first-order chi connectivity index (χ1) is 5.65. The summed E-state index contributed by atoms with van der Waals surface area (Å²) < 4.78 is 0. The van der Waals surface area contributed by atoms with Gasteiger partial charge in [0.2, 0.25) is 0 Å². The zero-order chi connectivity index (χ0) is 9.14. The molecule has 5 heteroatoms. The molecule has 1 rings (SSSR count). The molecular formula is C7H10N2O2S. The summed E-state index contributed by atoms with van der Waals surface area (Å²) in [6.45, 7) is 1.95. The molecule has 0 aliphatic carbocycles. The lowest BCUT2D eigenvalue weighted by atomic mass is 10.1. The van der Waals surface area contributed by atoms with Crippen molar-refractivity contribution in [2.75, 3.05) is 0 Å². The van der Waals surface area contributed by atoms with Crippen molar-refractivity contribution in [3.05, 3.63) is 27.1 Å². The van der Waals surface area contributed by atoms with Gasteiger partial charge in [0.25, 0.3) is 0 Å². The van der Waals surface area contributed by atoms with Crippen LogP contribution in [0.1, 0.15) is 24.9 Å². The number of nitro groups is 1. The smallest absolute Gasteiger partial charge is 0.324 e. The Bertz CT molecular complexity index is 285. The molecule has 1 atom stereocenters. The fourth-order valence-electron chi connectivity index (χ4n) is 0.865. The number of nitrogens with zero attached hydrogens (tertiary/aromatic N) is 1. The van der Waals surface area contributed by atoms with Gasteiger partial charge in [-0.1, -0.05) is 18.3 Å². The average Bonchev–Trinajstić information content (AvgIpc) is 2.51. The van der Waals surface area contributed by atoms with Crippen molar-refractivity contribution in [2.24, 2.45) is 5.73 Å². The minimum Gasteiger partial charge on any atom is -0.324 e. The van der Waals surface area contributed by atoms with Crippen LogP contribution in [0.2, 0.25) is 0 Å². The molecule has 0 saturated carbocycles. The summed E-state index contributed by atoms with van der Waals surface area (Å²) in [5.41, 5.74) is 6.55. The monoisotopic (exact) mass is 186 g/mol. The summed E-state index contributed by atoms with van der Waals surface area (Å²) in [4.78, 5) is 9.91. The number of thiophene rings is 1. The van der Waals surface area contributed by atoms with Gasteiger partial charge in [0.15, 0.2) is 0 Å². The Kier molecular flexibility index (Phi) is 2.78. The maximum atomic E-state index is 10.3. The van der Waals surface area contributed by atoms with E-state index in [1.54, 1.807) is 11.4 Å². The summed E-state index contributed by atoms with van der Waals surface area (Å²) in [6.07, 6.45) is 0.799. The van der Waals surface area contributed by atoms with Gasteiger partial charge in [-0.2, -0.15) is 0 Å². The van der Waals surface area contributed by atoms with Crippen LogP contribution in [0.25, 0.3) is 0 Å². The minimum absolute atomic E-state index is 0.0741. The Morgan fingerprint density at radius 2 is 2.50 bits per heavy atom. The Morgan fingerprint density at radius 1 is 1.83 bits per heavy atom. The Balaban J connectivity index is 2.84. The first kappa shape index (κ1) is 9.15. The zero-order valence-electron chi connectivity index (χ0n) is 6.69. The molecule has 1 heterocycles. The molecule has 0 spiro atoms. The highest BCUT2D eigenvalue weighted by molar-refractivity contribution is 7.13. The molecule has 0 unspecified atom stereocenters. The Hall–Kier alpha value is -0.940. The summed E-state index contributed by atoms with van der Waals surface area (Å²) in [5.74, 6) is 0. The van der Waals surface area contributed by atoms with Crippen LogP contribution in [0.3, 0.4) is 0 Å². The topological polar surface area (TPSA) is 69.2 Å². The van der Waals surface area contributed by atoms with E-state index >= 15 is 0 Å². The van der Waals surface area contributed by atoms with Gasteiger partial charge < -0.3 is 5.73 Å². The standard InChI is InChI=1S/C7H10N2O2S/c1-2-6(8)5-3-7(9(10)11)12-4-5/h3-4,6H,2,8H2,1H3/t6-/m1/s1. The molecule has 0 bridgehead atoms. The zero-order valence-corrected chi connectivity index (χ0v) is 7.50. The molecule has 0 fully saturated rings. The summed E-state index contributed by atoms with van der Waals surface area (Å²) >= 11 is 1.12. The third-order valence-corrected chi connectivity index (χ3v) is 2.55. The third-order valence-electron chi connectivity index (χ3n) is 1.65. The number of hydrogen-bond acceptors (Lipinski definition) is 4. The van der Waals surface area contributed by atoms with E-state index in [9.17, 15) is 10.1 Å². The van der Waals surface area contributed by atoms with Crippen molar-refractivity contribution in [2.45, 2.75) is 19.4 Å². The van der Waals surface area contributed by atoms with Crippen LogP contribution in [0.5, 0.6) is 0 Å². The van der Waals surface area contributed by atoms with Gasteiger partial charge >= 0.3 is 5.00 Å². The summed E-state index contributed by atoms with van der Waals surface area (Å²) in [6, 6.07) is 1.47. The highest BCUT2D eigenvalue weighted by Gasteiger charge is 2.12. The normalized spacial score (nSPS) is 12.8. The van der Waals surface area contributed by atoms with Crippen LogP contribution in [-0.4, -0.2) is 4.92 Å². The largest absolute Gasteiger partial charge is 0.324 e. The molecule has 0 aliphatic rings. The third kappa shape index (κ3) is 1.80. The second-order valence-corrected chi connectivity index (χ2v) is 3.38. The van der Waals surface area contributed by atoms with Crippen LogP contribution in [0.15, 0.2) is 11.4 Å². The van der Waals surface area contributed by atoms with Gasteiger partial charge in [-0.3, -0.25) is 10.1 Å². The van der Waals surface area contributed by atoms with Crippen molar-refractivity contribution in [1.29, 1.82) is 0 Å². The molecule has 4 nitrogen and oxygen atoms in total. The number of hydrogen-bond donors (Lipinski definition) is 1. The van der Waals surface area contributed by atoms with E-state index in [0.717, 1.165) is 23.3 Å². The van der Waals surface area contributed by atoms with Crippen molar-refractivity contribution in [1.82, 2.24) is 0 Å². The van der Waals surface area contributed by atoms with Gasteiger partial charge in [0.1, 0.15) is 0 Å². The van der Waals surface area contributed by atoms with Gasteiger partial charge in [-0.15, -0.1) is 0 Å². The van der Waals surface area contributed by atoms with E-state index < -0.39 is 4.92 Å². The highest BCUT2D eigenvalue weighted by atomic mass is 32.1. The second-order valence-electron chi connectivity index (χ2n) is 2.49.